The highest BCUT2D eigenvalue weighted by Gasteiger charge is 2.43. The monoisotopic (exact) mass is 519 g/mol. The van der Waals surface area contributed by atoms with E-state index >= 15 is 0 Å². The van der Waals surface area contributed by atoms with Gasteiger partial charge in [-0.2, -0.15) is 0 Å². The van der Waals surface area contributed by atoms with Crippen LogP contribution in [0.25, 0.3) is 5.69 Å². The van der Waals surface area contributed by atoms with E-state index in [1.165, 1.54) is 5.56 Å². The molecule has 2 amide bonds. The number of piperidine rings is 1. The number of aromatic nitrogens is 1. The molecule has 1 fully saturated rings. The molecule has 0 unspecified atom stereocenters. The number of carbonyl (C=O) groups is 2. The van der Waals surface area contributed by atoms with Crippen molar-refractivity contribution in [2.45, 2.75) is 38.5 Å². The number of para-hydroxylation sites is 1. The van der Waals surface area contributed by atoms with Gasteiger partial charge in [-0.05, 0) is 74.1 Å². The van der Waals surface area contributed by atoms with Crippen molar-refractivity contribution in [2.75, 3.05) is 33.3 Å². The maximum atomic E-state index is 13.7. The van der Waals surface area contributed by atoms with E-state index in [1.54, 1.807) is 6.07 Å². The molecule has 3 aromatic rings. The number of hydrogen-bond acceptors (Lipinski definition) is 3. The molecule has 0 radical (unpaired) electrons. The number of halogens is 1. The Hall–Kier alpha value is -3.25. The van der Waals surface area contributed by atoms with Gasteiger partial charge in [0.25, 0.3) is 5.91 Å². The van der Waals surface area contributed by atoms with Gasteiger partial charge in [0.2, 0.25) is 5.91 Å². The zero-order valence-corrected chi connectivity index (χ0v) is 22.1. The number of hydrogen-bond donors (Lipinski definition) is 0. The molecule has 6 nitrogen and oxygen atoms in total. The van der Waals surface area contributed by atoms with Gasteiger partial charge in [0.1, 0.15) is 12.4 Å². The van der Waals surface area contributed by atoms with Crippen LogP contribution in [-0.2, 0) is 11.2 Å². The van der Waals surface area contributed by atoms with Crippen molar-refractivity contribution in [1.29, 1.82) is 0 Å². The molecule has 0 N–H and O–H groups in total. The van der Waals surface area contributed by atoms with Crippen molar-refractivity contribution in [3.8, 4) is 11.4 Å². The van der Waals surface area contributed by atoms with E-state index in [0.717, 1.165) is 37.1 Å². The topological polar surface area (TPSA) is 54.8 Å². The summed E-state index contributed by atoms with van der Waals surface area (Å²) in [5.74, 6) is 1.02. The van der Waals surface area contributed by atoms with E-state index in [1.807, 2.05) is 70.2 Å². The minimum Gasteiger partial charge on any atom is -0.491 e. The van der Waals surface area contributed by atoms with Gasteiger partial charge >= 0.3 is 0 Å². The lowest BCUT2D eigenvalue weighted by molar-refractivity contribution is -0.144. The zero-order valence-electron chi connectivity index (χ0n) is 21.4. The lowest BCUT2D eigenvalue weighted by Crippen LogP contribution is -2.51. The number of nitrogens with zero attached hydrogens (tertiary/aromatic N) is 3. The van der Waals surface area contributed by atoms with Crippen LogP contribution in [0.5, 0.6) is 5.75 Å². The minimum absolute atomic E-state index is 0.0714. The van der Waals surface area contributed by atoms with Crippen molar-refractivity contribution in [2.24, 2.45) is 5.41 Å². The number of amides is 2. The maximum Gasteiger partial charge on any atom is 0.255 e. The lowest BCUT2D eigenvalue weighted by atomic mass is 9.73. The summed E-state index contributed by atoms with van der Waals surface area (Å²) in [6, 6.07) is 17.6. The quantitative estimate of drug-likeness (QED) is 0.442. The summed E-state index contributed by atoms with van der Waals surface area (Å²) in [5, 5.41) is 0.443. The number of benzene rings is 2. The van der Waals surface area contributed by atoms with Gasteiger partial charge in [-0.15, -0.1) is 0 Å². The molecule has 1 aromatic heterocycles. The van der Waals surface area contributed by atoms with E-state index in [0.29, 0.717) is 49.7 Å². The Kier molecular flexibility index (Phi) is 7.56. The number of likely N-dealkylation sites (tertiary alicyclic amines) is 1. The maximum absolute atomic E-state index is 13.7. The summed E-state index contributed by atoms with van der Waals surface area (Å²) >= 11 is 6.55. The van der Waals surface area contributed by atoms with Crippen molar-refractivity contribution in [3.05, 3.63) is 83.1 Å². The Morgan fingerprint density at radius 3 is 2.46 bits per heavy atom. The minimum atomic E-state index is -0.438. The van der Waals surface area contributed by atoms with E-state index in [-0.39, 0.29) is 11.8 Å². The average molecular weight is 520 g/mol. The summed E-state index contributed by atoms with van der Waals surface area (Å²) in [6.45, 7) is 2.11. The third-order valence-corrected chi connectivity index (χ3v) is 8.21. The highest BCUT2D eigenvalue weighted by Crippen LogP contribution is 2.39. The van der Waals surface area contributed by atoms with Crippen molar-refractivity contribution in [1.82, 2.24) is 14.4 Å². The summed E-state index contributed by atoms with van der Waals surface area (Å²) in [5.41, 5.74) is 2.21. The fraction of sp³-hybridized carbons (Fsp3) is 0.400. The highest BCUT2D eigenvalue weighted by molar-refractivity contribution is 6.34. The molecule has 2 aliphatic rings. The predicted octanol–water partition coefficient (Wildman–Crippen LogP) is 5.62. The van der Waals surface area contributed by atoms with Gasteiger partial charge in [-0.3, -0.25) is 9.59 Å². The van der Waals surface area contributed by atoms with Crippen LogP contribution in [0.1, 0.15) is 48.0 Å². The molecule has 0 aliphatic carbocycles. The largest absolute Gasteiger partial charge is 0.491 e. The Morgan fingerprint density at radius 1 is 0.946 bits per heavy atom. The second-order valence-corrected chi connectivity index (χ2v) is 10.6. The summed E-state index contributed by atoms with van der Waals surface area (Å²) < 4.78 is 7.99. The van der Waals surface area contributed by atoms with Crippen LogP contribution in [0, 0.1) is 5.41 Å². The number of carbonyl (C=O) groups excluding carboxylic acids is 2. The Labute approximate surface area is 223 Å². The Morgan fingerprint density at radius 2 is 1.70 bits per heavy atom. The first-order chi connectivity index (χ1) is 18.0. The number of fused-ring (bicyclic) bond motifs is 1. The molecule has 0 bridgehead atoms. The number of aryl methyl sites for hydroxylation is 1. The third-order valence-electron chi connectivity index (χ3n) is 7.90. The first-order valence-corrected chi connectivity index (χ1v) is 13.5. The van der Waals surface area contributed by atoms with Crippen molar-refractivity contribution < 1.29 is 14.3 Å². The van der Waals surface area contributed by atoms with E-state index in [9.17, 15) is 9.59 Å². The first-order valence-electron chi connectivity index (χ1n) is 13.2. The molecular weight excluding hydrogens is 486 g/mol. The van der Waals surface area contributed by atoms with Gasteiger partial charge in [0.05, 0.1) is 22.5 Å². The summed E-state index contributed by atoms with van der Waals surface area (Å²) in [6.07, 6.45) is 8.97. The Bertz CT molecular complexity index is 1250. The molecule has 7 heteroatoms. The molecule has 3 heterocycles. The second kappa shape index (κ2) is 11.0. The molecule has 1 spiro atoms. The SMILES string of the molecule is CN1CCOc2ccccc2CCCCC2(CCN(C(=O)c3ccc(-n4cccc4)cc3Cl)CC2)C1=O. The van der Waals surface area contributed by atoms with Crippen LogP contribution in [0.15, 0.2) is 67.0 Å². The van der Waals surface area contributed by atoms with Gasteiger partial charge in [0.15, 0.2) is 0 Å². The normalized spacial score (nSPS) is 18.5. The number of likely N-dealkylation sites (N-methyl/N-ethyl adjacent to an activating group) is 1. The number of ether oxygens (including phenoxy) is 1. The molecule has 37 heavy (non-hydrogen) atoms. The molecule has 194 valence electrons. The van der Waals surface area contributed by atoms with Gasteiger partial charge in [-0.25, -0.2) is 0 Å². The van der Waals surface area contributed by atoms with Crippen LogP contribution in [0.2, 0.25) is 5.02 Å². The Balaban J connectivity index is 1.27. The molecule has 0 saturated carbocycles. The van der Waals surface area contributed by atoms with Gasteiger partial charge < -0.3 is 19.1 Å². The fourth-order valence-electron chi connectivity index (χ4n) is 5.65. The van der Waals surface area contributed by atoms with E-state index in [2.05, 4.69) is 12.1 Å². The van der Waals surface area contributed by atoms with Gasteiger partial charge in [0, 0.05) is 38.2 Å². The standard InChI is InChI=1S/C30H34ClN3O3/c1-32-20-21-37-27-10-3-2-8-23(27)9-4-5-13-30(29(32)36)14-18-34(19-15-30)28(35)25-12-11-24(22-26(25)31)33-16-6-7-17-33/h2-3,6-8,10-12,16-17,22H,4-5,9,13-15,18-21H2,1H3. The van der Waals surface area contributed by atoms with E-state index < -0.39 is 5.41 Å². The molecular formula is C30H34ClN3O3. The van der Waals surface area contributed by atoms with Crippen molar-refractivity contribution >= 4 is 23.4 Å². The van der Waals surface area contributed by atoms with Crippen LogP contribution >= 0.6 is 11.6 Å². The van der Waals surface area contributed by atoms with Crippen molar-refractivity contribution in [3.63, 3.8) is 0 Å². The summed E-state index contributed by atoms with van der Waals surface area (Å²) in [7, 11) is 1.87. The third kappa shape index (κ3) is 5.40. The molecule has 1 saturated heterocycles. The molecule has 2 aromatic carbocycles. The first kappa shape index (κ1) is 25.4. The fourth-order valence-corrected chi connectivity index (χ4v) is 5.91. The van der Waals surface area contributed by atoms with E-state index in [4.69, 9.17) is 16.3 Å². The molecule has 0 atom stereocenters. The average Bonchev–Trinajstić information content (AvgIpc) is 3.46. The number of rotatable bonds is 2. The molecule has 5 rings (SSSR count). The zero-order chi connectivity index (χ0) is 25.8. The molecule has 2 aliphatic heterocycles. The van der Waals surface area contributed by atoms with Gasteiger partial charge in [-0.1, -0.05) is 36.2 Å². The second-order valence-electron chi connectivity index (χ2n) is 10.2. The smallest absolute Gasteiger partial charge is 0.255 e. The van der Waals surface area contributed by atoms with Crippen LogP contribution in [0.3, 0.4) is 0 Å². The lowest BCUT2D eigenvalue weighted by Gasteiger charge is -2.43. The van der Waals surface area contributed by atoms with Crippen LogP contribution in [-0.4, -0.2) is 59.5 Å². The summed E-state index contributed by atoms with van der Waals surface area (Å²) in [4.78, 5) is 30.7. The predicted molar refractivity (Wildman–Crippen MR) is 145 cm³/mol. The van der Waals surface area contributed by atoms with Crippen LogP contribution < -0.4 is 4.74 Å². The highest BCUT2D eigenvalue weighted by atomic mass is 35.5. The van der Waals surface area contributed by atoms with Crippen LogP contribution in [0.4, 0.5) is 0 Å².